The molecule has 0 aliphatic heterocycles. The molecule has 3 nitrogen and oxygen atoms in total. The summed E-state index contributed by atoms with van der Waals surface area (Å²) in [4.78, 5) is 10.5. The van der Waals surface area contributed by atoms with Crippen LogP contribution >= 0.6 is 11.8 Å². The van der Waals surface area contributed by atoms with Gasteiger partial charge < -0.3 is 10.2 Å². The molecule has 0 aromatic rings. The highest BCUT2D eigenvalue weighted by molar-refractivity contribution is 7.99. The number of thioether (sulfide) groups is 1. The lowest BCUT2D eigenvalue weighted by molar-refractivity contribution is -0.150. The van der Waals surface area contributed by atoms with E-state index in [4.69, 9.17) is 5.11 Å². The summed E-state index contributed by atoms with van der Waals surface area (Å²) in [6.07, 6.45) is 0.553. The van der Waals surface area contributed by atoms with Crippen LogP contribution in [-0.4, -0.2) is 33.8 Å². The third-order valence-corrected chi connectivity index (χ3v) is 3.49. The molecule has 70 valence electrons. The van der Waals surface area contributed by atoms with E-state index >= 15 is 0 Å². The van der Waals surface area contributed by atoms with Crippen LogP contribution < -0.4 is 0 Å². The Bertz CT molecular complexity index is 177. The van der Waals surface area contributed by atoms with Crippen molar-refractivity contribution in [3.05, 3.63) is 0 Å². The van der Waals surface area contributed by atoms with Gasteiger partial charge in [0, 0.05) is 11.2 Å². The maximum Gasteiger partial charge on any atom is 0.333 e. The predicted octanol–water partition coefficient (Wildman–Crippen LogP) is 0.965. The minimum absolute atomic E-state index is 0.299. The number of aliphatic hydroxyl groups excluding tert-OH is 1. The minimum Gasteiger partial charge on any atom is -0.479 e. The van der Waals surface area contributed by atoms with E-state index in [1.54, 1.807) is 11.8 Å². The molecule has 1 rings (SSSR count). The first-order valence-electron chi connectivity index (χ1n) is 4.11. The van der Waals surface area contributed by atoms with Crippen LogP contribution in [0.25, 0.3) is 0 Å². The van der Waals surface area contributed by atoms with E-state index in [0.717, 1.165) is 24.3 Å². The Balaban J connectivity index is 2.42. The van der Waals surface area contributed by atoms with Crippen molar-refractivity contribution in [2.24, 2.45) is 5.41 Å². The van der Waals surface area contributed by atoms with Crippen LogP contribution in [0.4, 0.5) is 0 Å². The highest BCUT2D eigenvalue weighted by Crippen LogP contribution is 2.51. The predicted molar refractivity (Wildman–Crippen MR) is 48.3 cm³/mol. The molecule has 0 heterocycles. The van der Waals surface area contributed by atoms with Crippen LogP contribution in [0.3, 0.4) is 0 Å². The zero-order valence-corrected chi connectivity index (χ0v) is 7.93. The standard InChI is InChI=1S/C8H14O3S/c1-2-12-5-8(3-4-8)6(9)7(10)11/h6,9H,2-5H2,1H3,(H,10,11). The van der Waals surface area contributed by atoms with Gasteiger partial charge in [-0.1, -0.05) is 6.92 Å². The molecule has 0 aromatic heterocycles. The molecule has 1 aliphatic carbocycles. The van der Waals surface area contributed by atoms with Crippen molar-refractivity contribution in [3.63, 3.8) is 0 Å². The van der Waals surface area contributed by atoms with Crippen LogP contribution in [0.2, 0.25) is 0 Å². The third-order valence-electron chi connectivity index (χ3n) is 2.30. The molecule has 0 aromatic carbocycles. The first-order chi connectivity index (χ1) is 5.62. The smallest absolute Gasteiger partial charge is 0.333 e. The van der Waals surface area contributed by atoms with Crippen LogP contribution in [0, 0.1) is 5.41 Å². The molecule has 1 saturated carbocycles. The van der Waals surface area contributed by atoms with Crippen molar-refractivity contribution in [1.82, 2.24) is 0 Å². The number of carbonyl (C=O) groups is 1. The molecule has 2 N–H and O–H groups in total. The summed E-state index contributed by atoms with van der Waals surface area (Å²) in [5, 5.41) is 17.9. The first-order valence-corrected chi connectivity index (χ1v) is 5.26. The fraction of sp³-hybridized carbons (Fsp3) is 0.875. The lowest BCUT2D eigenvalue weighted by Gasteiger charge is -2.17. The number of carboxylic acid groups (broad SMARTS) is 1. The average molecular weight is 190 g/mol. The highest BCUT2D eigenvalue weighted by atomic mass is 32.2. The zero-order chi connectivity index (χ0) is 9.19. The fourth-order valence-corrected chi connectivity index (χ4v) is 2.28. The summed E-state index contributed by atoms with van der Waals surface area (Å²) < 4.78 is 0. The van der Waals surface area contributed by atoms with Crippen molar-refractivity contribution >= 4 is 17.7 Å². The molecule has 1 unspecified atom stereocenters. The topological polar surface area (TPSA) is 57.5 Å². The number of aliphatic carboxylic acids is 1. The number of hydrogen-bond donors (Lipinski definition) is 2. The lowest BCUT2D eigenvalue weighted by Crippen LogP contribution is -2.32. The average Bonchev–Trinajstić information content (AvgIpc) is 2.80. The molecular weight excluding hydrogens is 176 g/mol. The third kappa shape index (κ3) is 1.93. The second-order valence-electron chi connectivity index (χ2n) is 3.24. The molecule has 1 aliphatic rings. The van der Waals surface area contributed by atoms with Crippen LogP contribution in [-0.2, 0) is 4.79 Å². The molecule has 1 atom stereocenters. The van der Waals surface area contributed by atoms with Gasteiger partial charge in [-0.15, -0.1) is 0 Å². The quantitative estimate of drug-likeness (QED) is 0.678. The maximum atomic E-state index is 10.5. The van der Waals surface area contributed by atoms with Gasteiger partial charge in [0.15, 0.2) is 6.10 Å². The summed E-state index contributed by atoms with van der Waals surface area (Å²) in [5.74, 6) is 0.676. The van der Waals surface area contributed by atoms with Gasteiger partial charge in [-0.05, 0) is 18.6 Å². The zero-order valence-electron chi connectivity index (χ0n) is 7.12. The van der Waals surface area contributed by atoms with Crippen LogP contribution in [0.15, 0.2) is 0 Å². The van der Waals surface area contributed by atoms with E-state index in [0.29, 0.717) is 0 Å². The normalized spacial score (nSPS) is 21.8. The van der Waals surface area contributed by atoms with E-state index in [2.05, 4.69) is 0 Å². The summed E-state index contributed by atoms with van der Waals surface area (Å²) in [6, 6.07) is 0. The Kier molecular flexibility index (Phi) is 3.01. The fourth-order valence-electron chi connectivity index (χ4n) is 1.22. The van der Waals surface area contributed by atoms with Crippen LogP contribution in [0.5, 0.6) is 0 Å². The Morgan fingerprint density at radius 3 is 2.58 bits per heavy atom. The number of rotatable bonds is 5. The van der Waals surface area contributed by atoms with Gasteiger partial charge in [0.05, 0.1) is 0 Å². The highest BCUT2D eigenvalue weighted by Gasteiger charge is 2.51. The summed E-state index contributed by atoms with van der Waals surface area (Å²) in [5.41, 5.74) is -0.299. The monoisotopic (exact) mass is 190 g/mol. The Labute approximate surface area is 76.2 Å². The van der Waals surface area contributed by atoms with Gasteiger partial charge >= 0.3 is 5.97 Å². The molecular formula is C8H14O3S. The lowest BCUT2D eigenvalue weighted by atomic mass is 10.0. The Morgan fingerprint density at radius 1 is 1.67 bits per heavy atom. The Hall–Kier alpha value is -0.220. The van der Waals surface area contributed by atoms with E-state index in [1.165, 1.54) is 0 Å². The van der Waals surface area contributed by atoms with Gasteiger partial charge in [0.1, 0.15) is 0 Å². The van der Waals surface area contributed by atoms with Crippen molar-refractivity contribution in [2.45, 2.75) is 25.9 Å². The van der Waals surface area contributed by atoms with Crippen LogP contribution in [0.1, 0.15) is 19.8 Å². The summed E-state index contributed by atoms with van der Waals surface area (Å²) in [7, 11) is 0. The molecule has 0 radical (unpaired) electrons. The van der Waals surface area contributed by atoms with E-state index in [9.17, 15) is 9.90 Å². The molecule has 0 saturated heterocycles. The van der Waals surface area contributed by atoms with E-state index in [-0.39, 0.29) is 5.41 Å². The van der Waals surface area contributed by atoms with Crippen molar-refractivity contribution in [3.8, 4) is 0 Å². The number of hydrogen-bond acceptors (Lipinski definition) is 3. The van der Waals surface area contributed by atoms with E-state index < -0.39 is 12.1 Å². The SMILES string of the molecule is CCSCC1(C(O)C(=O)O)CC1. The van der Waals surface area contributed by atoms with Gasteiger partial charge in [-0.2, -0.15) is 11.8 Å². The number of carboxylic acids is 1. The number of aliphatic hydroxyl groups is 1. The van der Waals surface area contributed by atoms with Gasteiger partial charge in [0.25, 0.3) is 0 Å². The molecule has 4 heteroatoms. The van der Waals surface area contributed by atoms with Gasteiger partial charge in [-0.25, -0.2) is 4.79 Å². The second-order valence-corrected chi connectivity index (χ2v) is 4.51. The molecule has 0 spiro atoms. The molecule has 12 heavy (non-hydrogen) atoms. The molecule has 0 bridgehead atoms. The molecule has 0 amide bonds. The molecule has 1 fully saturated rings. The van der Waals surface area contributed by atoms with Gasteiger partial charge in [0.2, 0.25) is 0 Å². The first kappa shape index (κ1) is 9.86. The Morgan fingerprint density at radius 2 is 2.25 bits per heavy atom. The largest absolute Gasteiger partial charge is 0.479 e. The van der Waals surface area contributed by atoms with E-state index in [1.807, 2.05) is 6.92 Å². The van der Waals surface area contributed by atoms with Crippen molar-refractivity contribution < 1.29 is 15.0 Å². The second kappa shape index (κ2) is 3.66. The summed E-state index contributed by atoms with van der Waals surface area (Å²) in [6.45, 7) is 2.04. The van der Waals surface area contributed by atoms with Crippen molar-refractivity contribution in [1.29, 1.82) is 0 Å². The summed E-state index contributed by atoms with van der Waals surface area (Å²) >= 11 is 1.70. The van der Waals surface area contributed by atoms with Crippen molar-refractivity contribution in [2.75, 3.05) is 11.5 Å². The maximum absolute atomic E-state index is 10.5. The van der Waals surface area contributed by atoms with Gasteiger partial charge in [-0.3, -0.25) is 0 Å². The minimum atomic E-state index is -1.16.